The van der Waals surface area contributed by atoms with Gasteiger partial charge in [-0.25, -0.2) is 4.98 Å². The lowest BCUT2D eigenvalue weighted by Gasteiger charge is -2.06. The lowest BCUT2D eigenvalue weighted by molar-refractivity contribution is 0.415. The van der Waals surface area contributed by atoms with Crippen LogP contribution in [-0.2, 0) is 7.05 Å². The number of benzene rings is 1. The maximum Gasteiger partial charge on any atom is 0.263 e. The van der Waals surface area contributed by atoms with Crippen LogP contribution in [-0.4, -0.2) is 16.7 Å². The number of ether oxygens (including phenoxy) is 1. The van der Waals surface area contributed by atoms with Crippen molar-refractivity contribution in [1.29, 1.82) is 0 Å². The van der Waals surface area contributed by atoms with Gasteiger partial charge in [-0.1, -0.05) is 17.7 Å². The van der Waals surface area contributed by atoms with Gasteiger partial charge in [0.15, 0.2) is 0 Å². The van der Waals surface area contributed by atoms with E-state index >= 15 is 0 Å². The van der Waals surface area contributed by atoms with Crippen molar-refractivity contribution in [2.75, 3.05) is 12.8 Å². The maximum absolute atomic E-state index is 12.4. The summed E-state index contributed by atoms with van der Waals surface area (Å²) in [7, 11) is 3.19. The van der Waals surface area contributed by atoms with Gasteiger partial charge >= 0.3 is 0 Å². The Balaban J connectivity index is 2.31. The van der Waals surface area contributed by atoms with E-state index in [0.29, 0.717) is 21.0 Å². The molecular formula is C15H14ClN3O2S. The van der Waals surface area contributed by atoms with Gasteiger partial charge in [0.2, 0.25) is 5.95 Å². The predicted octanol–water partition coefficient (Wildman–Crippen LogP) is 3.21. The quantitative estimate of drug-likeness (QED) is 0.780. The lowest BCUT2D eigenvalue weighted by Crippen LogP contribution is -2.21. The van der Waals surface area contributed by atoms with E-state index < -0.39 is 0 Å². The molecule has 2 heterocycles. The van der Waals surface area contributed by atoms with Crippen molar-refractivity contribution in [1.82, 2.24) is 9.55 Å². The molecule has 3 aromatic rings. The first kappa shape index (κ1) is 14.9. The van der Waals surface area contributed by atoms with Gasteiger partial charge in [0, 0.05) is 11.9 Å². The number of anilines is 1. The molecule has 22 heavy (non-hydrogen) atoms. The van der Waals surface area contributed by atoms with E-state index in [1.165, 1.54) is 15.9 Å². The van der Waals surface area contributed by atoms with Crippen LogP contribution in [0.2, 0.25) is 5.02 Å². The van der Waals surface area contributed by atoms with Crippen LogP contribution in [0.25, 0.3) is 20.7 Å². The predicted molar refractivity (Wildman–Crippen MR) is 91.0 cm³/mol. The summed E-state index contributed by atoms with van der Waals surface area (Å²) in [6.45, 7) is 1.91. The van der Waals surface area contributed by atoms with Crippen molar-refractivity contribution in [3.8, 4) is 16.2 Å². The molecule has 0 unspecified atom stereocenters. The molecule has 0 amide bonds. The number of nitrogens with zero attached hydrogens (tertiary/aromatic N) is 2. The standard InChI is InChI=1S/C15H14ClN3O2S/c1-7-11-13(18-15(17)19(2)14(11)20)22-12(7)8-4-5-9(16)10(6-8)21-3/h4-6H,1-3H3,(H2,17,18). The van der Waals surface area contributed by atoms with Crippen LogP contribution in [0.5, 0.6) is 5.75 Å². The number of nitrogens with two attached hydrogens (primary N) is 1. The molecule has 0 aliphatic carbocycles. The average Bonchev–Trinajstić information content (AvgIpc) is 2.82. The van der Waals surface area contributed by atoms with Crippen LogP contribution in [0.1, 0.15) is 5.56 Å². The van der Waals surface area contributed by atoms with E-state index in [4.69, 9.17) is 22.1 Å². The van der Waals surface area contributed by atoms with Gasteiger partial charge in [0.1, 0.15) is 10.6 Å². The molecule has 0 aliphatic rings. The largest absolute Gasteiger partial charge is 0.495 e. The van der Waals surface area contributed by atoms with E-state index in [9.17, 15) is 4.79 Å². The number of methoxy groups -OCH3 is 1. The first-order valence-electron chi connectivity index (χ1n) is 6.53. The number of thiophene rings is 1. The average molecular weight is 336 g/mol. The van der Waals surface area contributed by atoms with Crippen LogP contribution in [0.3, 0.4) is 0 Å². The Kier molecular flexibility index (Phi) is 3.58. The minimum absolute atomic E-state index is 0.136. The van der Waals surface area contributed by atoms with Gasteiger partial charge in [0.25, 0.3) is 5.56 Å². The molecule has 2 aromatic heterocycles. The van der Waals surface area contributed by atoms with Crippen LogP contribution >= 0.6 is 22.9 Å². The maximum atomic E-state index is 12.4. The van der Waals surface area contributed by atoms with Crippen molar-refractivity contribution in [2.45, 2.75) is 6.92 Å². The second kappa shape index (κ2) is 5.30. The fourth-order valence-electron chi connectivity index (χ4n) is 2.36. The Bertz CT molecular complexity index is 946. The number of fused-ring (bicyclic) bond motifs is 1. The Hall–Kier alpha value is -2.05. The number of rotatable bonds is 2. The summed E-state index contributed by atoms with van der Waals surface area (Å²) in [5.41, 5.74) is 7.45. The van der Waals surface area contributed by atoms with Crippen molar-refractivity contribution in [3.63, 3.8) is 0 Å². The molecule has 1 aromatic carbocycles. The number of nitrogen functional groups attached to an aromatic ring is 1. The van der Waals surface area contributed by atoms with Crippen molar-refractivity contribution >= 4 is 39.1 Å². The molecule has 0 fully saturated rings. The first-order valence-corrected chi connectivity index (χ1v) is 7.73. The molecule has 2 N–H and O–H groups in total. The summed E-state index contributed by atoms with van der Waals surface area (Å²) < 4.78 is 6.61. The smallest absolute Gasteiger partial charge is 0.263 e. The van der Waals surface area contributed by atoms with Gasteiger partial charge in [-0.2, -0.15) is 0 Å². The van der Waals surface area contributed by atoms with Gasteiger partial charge in [0.05, 0.1) is 17.5 Å². The summed E-state index contributed by atoms with van der Waals surface area (Å²) in [6, 6.07) is 5.53. The number of hydrogen-bond donors (Lipinski definition) is 1. The highest BCUT2D eigenvalue weighted by Gasteiger charge is 2.17. The highest BCUT2D eigenvalue weighted by molar-refractivity contribution is 7.22. The van der Waals surface area contributed by atoms with E-state index in [1.807, 2.05) is 19.1 Å². The van der Waals surface area contributed by atoms with Crippen molar-refractivity contribution < 1.29 is 4.74 Å². The van der Waals surface area contributed by atoms with Gasteiger partial charge < -0.3 is 10.5 Å². The van der Waals surface area contributed by atoms with Gasteiger partial charge in [-0.3, -0.25) is 9.36 Å². The Morgan fingerprint density at radius 1 is 1.41 bits per heavy atom. The van der Waals surface area contributed by atoms with Gasteiger partial charge in [-0.15, -0.1) is 11.3 Å². The molecule has 0 bridgehead atoms. The zero-order valence-electron chi connectivity index (χ0n) is 12.3. The molecule has 0 atom stereocenters. The molecule has 0 saturated carbocycles. The summed E-state index contributed by atoms with van der Waals surface area (Å²) in [5, 5.41) is 1.15. The van der Waals surface area contributed by atoms with Crippen LogP contribution < -0.4 is 16.0 Å². The number of aromatic nitrogens is 2. The molecule has 0 saturated heterocycles. The topological polar surface area (TPSA) is 70.1 Å². The van der Waals surface area contributed by atoms with Crippen molar-refractivity contribution in [2.24, 2.45) is 7.05 Å². The molecule has 114 valence electrons. The summed E-state index contributed by atoms with van der Waals surface area (Å²) in [6.07, 6.45) is 0. The summed E-state index contributed by atoms with van der Waals surface area (Å²) in [4.78, 5) is 18.3. The molecule has 7 heteroatoms. The fraction of sp³-hybridized carbons (Fsp3) is 0.200. The SMILES string of the molecule is COc1cc(-c2sc3nc(N)n(C)c(=O)c3c2C)ccc1Cl. The first-order chi connectivity index (χ1) is 10.4. The molecule has 3 rings (SSSR count). The zero-order chi connectivity index (χ0) is 16.0. The second-order valence-corrected chi connectivity index (χ2v) is 6.33. The Morgan fingerprint density at radius 3 is 2.82 bits per heavy atom. The van der Waals surface area contributed by atoms with Crippen LogP contribution in [0, 0.1) is 6.92 Å². The number of aryl methyl sites for hydroxylation is 1. The second-order valence-electron chi connectivity index (χ2n) is 4.92. The third-order valence-electron chi connectivity index (χ3n) is 3.62. The van der Waals surface area contributed by atoms with E-state index in [-0.39, 0.29) is 11.5 Å². The highest BCUT2D eigenvalue weighted by atomic mass is 35.5. The molecule has 0 aliphatic heterocycles. The molecule has 0 radical (unpaired) electrons. The monoisotopic (exact) mass is 335 g/mol. The van der Waals surface area contributed by atoms with Crippen molar-refractivity contribution in [3.05, 3.63) is 39.1 Å². The third kappa shape index (κ3) is 2.15. The Labute approximate surface area is 135 Å². The zero-order valence-corrected chi connectivity index (χ0v) is 13.9. The molecular weight excluding hydrogens is 322 g/mol. The minimum Gasteiger partial charge on any atom is -0.495 e. The number of hydrogen-bond acceptors (Lipinski definition) is 5. The van der Waals surface area contributed by atoms with E-state index in [1.54, 1.807) is 20.2 Å². The van der Waals surface area contributed by atoms with E-state index in [0.717, 1.165) is 16.0 Å². The minimum atomic E-state index is -0.136. The summed E-state index contributed by atoms with van der Waals surface area (Å²) >= 11 is 7.50. The fourth-order valence-corrected chi connectivity index (χ4v) is 3.73. The van der Waals surface area contributed by atoms with E-state index in [2.05, 4.69) is 4.98 Å². The normalized spacial score (nSPS) is 11.1. The Morgan fingerprint density at radius 2 is 2.14 bits per heavy atom. The number of halogens is 1. The molecule has 0 spiro atoms. The van der Waals surface area contributed by atoms with Gasteiger partial charge in [-0.05, 0) is 30.2 Å². The highest BCUT2D eigenvalue weighted by Crippen LogP contribution is 2.38. The molecule has 5 nitrogen and oxygen atoms in total. The third-order valence-corrected chi connectivity index (χ3v) is 5.17. The van der Waals surface area contributed by atoms with Crippen LogP contribution in [0.15, 0.2) is 23.0 Å². The van der Waals surface area contributed by atoms with Crippen LogP contribution in [0.4, 0.5) is 5.95 Å². The lowest BCUT2D eigenvalue weighted by atomic mass is 10.1. The summed E-state index contributed by atoms with van der Waals surface area (Å²) in [5.74, 6) is 0.801.